The molecule has 0 bridgehead atoms. The Morgan fingerprint density at radius 3 is 2.68 bits per heavy atom. The van der Waals surface area contributed by atoms with Gasteiger partial charge in [-0.25, -0.2) is 4.39 Å². The zero-order chi connectivity index (χ0) is 17.2. The maximum absolute atomic E-state index is 13.2. The molecule has 7 nitrogen and oxygen atoms in total. The normalized spacial score (nSPS) is 12.1. The molecule has 2 aromatic carbocycles. The molecular weight excluding hydrogens is 349 g/mol. The molecule has 3 aromatic rings. The average Bonchev–Trinajstić information content (AvgIpc) is 3.06. The fourth-order valence-electron chi connectivity index (χ4n) is 2.24. The Morgan fingerprint density at radius 1 is 1.00 bits per heavy atom. The van der Waals surface area contributed by atoms with Crippen LogP contribution in [0.2, 0.25) is 5.02 Å². The molecular formula is C16H11ClFN5O2. The fourth-order valence-corrected chi connectivity index (χ4v) is 2.42. The summed E-state index contributed by atoms with van der Waals surface area (Å²) in [4.78, 5) is 4.30. The number of aromatic nitrogens is 3. The van der Waals surface area contributed by atoms with E-state index >= 15 is 0 Å². The van der Waals surface area contributed by atoms with Crippen LogP contribution in [0, 0.1) is 5.82 Å². The SMILES string of the molecule is Fc1ccc(Nc2nncc(Nc3ccc4c(c3)OCO4)n2)cc1Cl. The van der Waals surface area contributed by atoms with Gasteiger partial charge in [-0.2, -0.15) is 10.1 Å². The number of halogens is 2. The third-order valence-corrected chi connectivity index (χ3v) is 3.67. The van der Waals surface area contributed by atoms with Crippen LogP contribution in [0.5, 0.6) is 11.5 Å². The summed E-state index contributed by atoms with van der Waals surface area (Å²) in [6.45, 7) is 0.210. The summed E-state index contributed by atoms with van der Waals surface area (Å²) in [5.41, 5.74) is 1.31. The van der Waals surface area contributed by atoms with Crippen LogP contribution in [0.4, 0.5) is 27.5 Å². The third-order valence-electron chi connectivity index (χ3n) is 3.38. The molecule has 0 radical (unpaired) electrons. The Labute approximate surface area is 146 Å². The highest BCUT2D eigenvalue weighted by Gasteiger charge is 2.13. The van der Waals surface area contributed by atoms with Crippen molar-refractivity contribution in [3.8, 4) is 11.5 Å². The number of ether oxygens (including phenoxy) is 2. The maximum atomic E-state index is 13.2. The maximum Gasteiger partial charge on any atom is 0.249 e. The predicted octanol–water partition coefficient (Wildman–Crippen LogP) is 3.88. The van der Waals surface area contributed by atoms with Crippen LogP contribution in [0.25, 0.3) is 0 Å². The van der Waals surface area contributed by atoms with E-state index in [2.05, 4.69) is 25.8 Å². The first-order valence-electron chi connectivity index (χ1n) is 7.26. The summed E-state index contributed by atoms with van der Waals surface area (Å²) >= 11 is 5.76. The first kappa shape index (κ1) is 15.4. The van der Waals surface area contributed by atoms with Gasteiger partial charge in [-0.15, -0.1) is 5.10 Å². The second-order valence-electron chi connectivity index (χ2n) is 5.11. The van der Waals surface area contributed by atoms with Crippen LogP contribution >= 0.6 is 11.6 Å². The molecule has 0 amide bonds. The molecule has 1 aliphatic rings. The molecule has 2 heterocycles. The highest BCUT2D eigenvalue weighted by molar-refractivity contribution is 6.31. The Morgan fingerprint density at radius 2 is 1.80 bits per heavy atom. The van der Waals surface area contributed by atoms with E-state index in [0.717, 1.165) is 5.69 Å². The number of hydrogen-bond acceptors (Lipinski definition) is 7. The quantitative estimate of drug-likeness (QED) is 0.731. The van der Waals surface area contributed by atoms with Gasteiger partial charge in [0.1, 0.15) is 5.82 Å². The van der Waals surface area contributed by atoms with Crippen molar-refractivity contribution in [1.29, 1.82) is 0 Å². The zero-order valence-electron chi connectivity index (χ0n) is 12.7. The summed E-state index contributed by atoms with van der Waals surface area (Å²) in [6, 6.07) is 9.67. The molecule has 0 atom stereocenters. The summed E-state index contributed by atoms with van der Waals surface area (Å²) in [7, 11) is 0. The van der Waals surface area contributed by atoms with Gasteiger partial charge in [0.15, 0.2) is 17.3 Å². The van der Waals surface area contributed by atoms with E-state index in [1.54, 1.807) is 12.1 Å². The van der Waals surface area contributed by atoms with Gasteiger partial charge in [0.25, 0.3) is 0 Å². The van der Waals surface area contributed by atoms with E-state index in [0.29, 0.717) is 23.0 Å². The number of benzene rings is 2. The first-order valence-corrected chi connectivity index (χ1v) is 7.64. The molecule has 1 aliphatic heterocycles. The molecule has 4 rings (SSSR count). The Bertz CT molecular complexity index is 940. The summed E-state index contributed by atoms with van der Waals surface area (Å²) in [5.74, 6) is 1.58. The second-order valence-corrected chi connectivity index (χ2v) is 5.52. The van der Waals surface area contributed by atoms with Crippen LogP contribution in [-0.2, 0) is 0 Å². The van der Waals surface area contributed by atoms with Crippen molar-refractivity contribution in [3.63, 3.8) is 0 Å². The highest BCUT2D eigenvalue weighted by Crippen LogP contribution is 2.34. The Hall–Kier alpha value is -3.13. The van der Waals surface area contributed by atoms with Gasteiger partial charge < -0.3 is 20.1 Å². The van der Waals surface area contributed by atoms with Gasteiger partial charge in [0.2, 0.25) is 12.7 Å². The number of fused-ring (bicyclic) bond motifs is 1. The zero-order valence-corrected chi connectivity index (χ0v) is 13.4. The van der Waals surface area contributed by atoms with Crippen LogP contribution in [0.3, 0.4) is 0 Å². The number of nitrogens with one attached hydrogen (secondary N) is 2. The van der Waals surface area contributed by atoms with Gasteiger partial charge in [-0.1, -0.05) is 11.6 Å². The smallest absolute Gasteiger partial charge is 0.249 e. The summed E-state index contributed by atoms with van der Waals surface area (Å²) in [6.07, 6.45) is 1.48. The second kappa shape index (κ2) is 6.40. The molecule has 0 spiro atoms. The molecule has 1 aromatic heterocycles. The topological polar surface area (TPSA) is 81.2 Å². The van der Waals surface area contributed by atoms with Crippen molar-refractivity contribution in [2.24, 2.45) is 0 Å². The molecule has 0 fully saturated rings. The van der Waals surface area contributed by atoms with Crippen molar-refractivity contribution < 1.29 is 13.9 Å². The highest BCUT2D eigenvalue weighted by atomic mass is 35.5. The van der Waals surface area contributed by atoms with E-state index < -0.39 is 5.82 Å². The van der Waals surface area contributed by atoms with Crippen molar-refractivity contribution in [2.75, 3.05) is 17.4 Å². The monoisotopic (exact) mass is 359 g/mol. The number of rotatable bonds is 4. The van der Waals surface area contributed by atoms with Gasteiger partial charge in [-0.05, 0) is 30.3 Å². The Balaban J connectivity index is 1.52. The number of nitrogens with zero attached hydrogens (tertiary/aromatic N) is 3. The first-order chi connectivity index (χ1) is 12.2. The van der Waals surface area contributed by atoms with Crippen LogP contribution in [-0.4, -0.2) is 22.0 Å². The minimum absolute atomic E-state index is 0.00704. The largest absolute Gasteiger partial charge is 0.454 e. The van der Waals surface area contributed by atoms with E-state index in [4.69, 9.17) is 21.1 Å². The van der Waals surface area contributed by atoms with E-state index in [1.165, 1.54) is 24.4 Å². The van der Waals surface area contributed by atoms with E-state index in [1.807, 2.05) is 6.07 Å². The molecule has 0 aliphatic carbocycles. The summed E-state index contributed by atoms with van der Waals surface area (Å²) in [5, 5.41) is 13.8. The molecule has 0 saturated carbocycles. The van der Waals surface area contributed by atoms with Gasteiger partial charge >= 0.3 is 0 Å². The predicted molar refractivity (Wildman–Crippen MR) is 90.4 cm³/mol. The van der Waals surface area contributed by atoms with Crippen molar-refractivity contribution >= 4 is 34.7 Å². The molecule has 2 N–H and O–H groups in total. The minimum atomic E-state index is -0.496. The average molecular weight is 360 g/mol. The number of hydrogen-bond donors (Lipinski definition) is 2. The lowest BCUT2D eigenvalue weighted by Crippen LogP contribution is -2.02. The lowest BCUT2D eigenvalue weighted by Gasteiger charge is -2.08. The van der Waals surface area contributed by atoms with Crippen LogP contribution in [0.1, 0.15) is 0 Å². The van der Waals surface area contributed by atoms with Crippen molar-refractivity contribution in [2.45, 2.75) is 0 Å². The van der Waals surface area contributed by atoms with Crippen molar-refractivity contribution in [1.82, 2.24) is 15.2 Å². The molecule has 25 heavy (non-hydrogen) atoms. The number of anilines is 4. The van der Waals surface area contributed by atoms with Crippen molar-refractivity contribution in [3.05, 3.63) is 53.4 Å². The molecule has 9 heteroatoms. The fraction of sp³-hybridized carbons (Fsp3) is 0.0625. The standard InChI is InChI=1S/C16H11ClFN5O2/c17-11-5-9(1-3-12(11)18)21-16-22-15(7-19-23-16)20-10-2-4-13-14(6-10)25-8-24-13/h1-7H,8H2,(H2,20,21,22,23). The Kier molecular flexibility index (Phi) is 3.95. The van der Waals surface area contributed by atoms with E-state index in [9.17, 15) is 4.39 Å². The third kappa shape index (κ3) is 3.38. The lowest BCUT2D eigenvalue weighted by molar-refractivity contribution is 0.174. The lowest BCUT2D eigenvalue weighted by atomic mass is 10.3. The van der Waals surface area contributed by atoms with Crippen LogP contribution in [0.15, 0.2) is 42.6 Å². The van der Waals surface area contributed by atoms with Crippen LogP contribution < -0.4 is 20.1 Å². The van der Waals surface area contributed by atoms with Gasteiger partial charge in [0, 0.05) is 17.4 Å². The molecule has 126 valence electrons. The molecule has 0 saturated heterocycles. The van der Waals surface area contributed by atoms with Gasteiger partial charge in [0.05, 0.1) is 11.2 Å². The van der Waals surface area contributed by atoms with Gasteiger partial charge in [-0.3, -0.25) is 0 Å². The minimum Gasteiger partial charge on any atom is -0.454 e. The molecule has 0 unspecified atom stereocenters. The summed E-state index contributed by atoms with van der Waals surface area (Å²) < 4.78 is 23.8. The van der Waals surface area contributed by atoms with E-state index in [-0.39, 0.29) is 17.8 Å².